The van der Waals surface area contributed by atoms with Crippen LogP contribution in [0.1, 0.15) is 48.5 Å². The molecule has 0 heterocycles. The number of rotatable bonds is 9. The zero-order valence-electron chi connectivity index (χ0n) is 12.4. The number of aromatic hydroxyl groups is 1. The Kier molecular flexibility index (Phi) is 7.03. The first-order chi connectivity index (χ1) is 10.1. The van der Waals surface area contributed by atoms with Gasteiger partial charge < -0.3 is 9.84 Å². The van der Waals surface area contributed by atoms with Crippen molar-refractivity contribution in [3.8, 4) is 17.6 Å². The standard InChI is InChI=1S/C17H21NO3/c1-3-8-13-11-14(15(19)4-2)16(20)12-17(13)21-10-7-5-6-9-18/h3,11-12,20H,1,4-8,10H2,2H3. The Morgan fingerprint density at radius 1 is 1.48 bits per heavy atom. The second kappa shape index (κ2) is 8.80. The van der Waals surface area contributed by atoms with Crippen LogP contribution >= 0.6 is 0 Å². The Morgan fingerprint density at radius 3 is 2.86 bits per heavy atom. The van der Waals surface area contributed by atoms with Crippen LogP contribution in [0, 0.1) is 11.3 Å². The molecule has 0 unspecified atom stereocenters. The highest BCUT2D eigenvalue weighted by atomic mass is 16.5. The number of nitrogens with zero attached hydrogens (tertiary/aromatic N) is 1. The number of unbranched alkanes of at least 4 members (excludes halogenated alkanes) is 2. The Hall–Kier alpha value is -2.28. The first-order valence-corrected chi connectivity index (χ1v) is 7.13. The van der Waals surface area contributed by atoms with Crippen molar-refractivity contribution < 1.29 is 14.6 Å². The molecule has 1 aromatic rings. The molecule has 112 valence electrons. The summed E-state index contributed by atoms with van der Waals surface area (Å²) >= 11 is 0. The lowest BCUT2D eigenvalue weighted by atomic mass is 10.0. The Bertz CT molecular complexity index is 544. The zero-order valence-corrected chi connectivity index (χ0v) is 12.4. The van der Waals surface area contributed by atoms with Crippen molar-refractivity contribution in [3.05, 3.63) is 35.9 Å². The predicted molar refractivity (Wildman–Crippen MR) is 81.6 cm³/mol. The first kappa shape index (κ1) is 16.8. The van der Waals surface area contributed by atoms with E-state index in [0.29, 0.717) is 37.2 Å². The number of ether oxygens (including phenoxy) is 1. The van der Waals surface area contributed by atoms with E-state index in [4.69, 9.17) is 10.00 Å². The second-order valence-electron chi connectivity index (χ2n) is 4.71. The molecule has 0 aliphatic heterocycles. The maximum atomic E-state index is 11.8. The van der Waals surface area contributed by atoms with Crippen molar-refractivity contribution in [1.29, 1.82) is 5.26 Å². The molecule has 1 aromatic carbocycles. The fraction of sp³-hybridized carbons (Fsp3) is 0.412. The van der Waals surface area contributed by atoms with Gasteiger partial charge in [0.15, 0.2) is 5.78 Å². The van der Waals surface area contributed by atoms with Crippen LogP contribution in [0.25, 0.3) is 0 Å². The highest BCUT2D eigenvalue weighted by molar-refractivity contribution is 5.98. The number of benzene rings is 1. The van der Waals surface area contributed by atoms with Crippen LogP contribution in [-0.4, -0.2) is 17.5 Å². The third kappa shape index (κ3) is 4.96. The summed E-state index contributed by atoms with van der Waals surface area (Å²) in [5.74, 6) is 0.414. The van der Waals surface area contributed by atoms with Crippen LogP contribution < -0.4 is 4.74 Å². The van der Waals surface area contributed by atoms with E-state index in [1.165, 1.54) is 6.07 Å². The zero-order chi connectivity index (χ0) is 15.7. The Labute approximate surface area is 125 Å². The molecule has 0 spiro atoms. The summed E-state index contributed by atoms with van der Waals surface area (Å²) in [5, 5.41) is 18.4. The second-order valence-corrected chi connectivity index (χ2v) is 4.71. The summed E-state index contributed by atoms with van der Waals surface area (Å²) in [6.45, 7) is 5.93. The number of ketones is 1. The van der Waals surface area contributed by atoms with E-state index < -0.39 is 0 Å². The fourth-order valence-electron chi connectivity index (χ4n) is 1.97. The third-order valence-corrected chi connectivity index (χ3v) is 3.11. The van der Waals surface area contributed by atoms with Crippen LogP contribution in [0.15, 0.2) is 24.8 Å². The van der Waals surface area contributed by atoms with Gasteiger partial charge in [-0.05, 0) is 30.9 Å². The van der Waals surface area contributed by atoms with Gasteiger partial charge in [-0.15, -0.1) is 6.58 Å². The van der Waals surface area contributed by atoms with Gasteiger partial charge in [0.25, 0.3) is 0 Å². The summed E-state index contributed by atoms with van der Waals surface area (Å²) in [5.41, 5.74) is 1.16. The van der Waals surface area contributed by atoms with Crippen molar-refractivity contribution >= 4 is 5.78 Å². The van der Waals surface area contributed by atoms with E-state index in [1.807, 2.05) is 0 Å². The third-order valence-electron chi connectivity index (χ3n) is 3.11. The molecule has 0 aromatic heterocycles. The van der Waals surface area contributed by atoms with Crippen molar-refractivity contribution in [1.82, 2.24) is 0 Å². The lowest BCUT2D eigenvalue weighted by Crippen LogP contribution is -2.03. The molecule has 4 heteroatoms. The molecular formula is C17H21NO3. The van der Waals surface area contributed by atoms with Gasteiger partial charge in [-0.1, -0.05) is 13.0 Å². The molecule has 0 saturated carbocycles. The van der Waals surface area contributed by atoms with Gasteiger partial charge in [-0.3, -0.25) is 4.79 Å². The molecule has 0 radical (unpaired) electrons. The lowest BCUT2D eigenvalue weighted by Gasteiger charge is -2.13. The van der Waals surface area contributed by atoms with E-state index in [9.17, 15) is 9.90 Å². The topological polar surface area (TPSA) is 70.3 Å². The Morgan fingerprint density at radius 2 is 2.24 bits per heavy atom. The smallest absolute Gasteiger partial charge is 0.166 e. The summed E-state index contributed by atoms with van der Waals surface area (Å²) in [6, 6.07) is 5.25. The fourth-order valence-corrected chi connectivity index (χ4v) is 1.97. The number of phenolic OH excluding ortho intramolecular Hbond substituents is 1. The molecule has 0 amide bonds. The number of phenols is 1. The quantitative estimate of drug-likeness (QED) is 0.426. The number of allylic oxidation sites excluding steroid dienone is 1. The van der Waals surface area contributed by atoms with Crippen molar-refractivity contribution in [3.63, 3.8) is 0 Å². The van der Waals surface area contributed by atoms with Crippen LogP contribution in [0.5, 0.6) is 11.5 Å². The summed E-state index contributed by atoms with van der Waals surface area (Å²) < 4.78 is 5.66. The highest BCUT2D eigenvalue weighted by Crippen LogP contribution is 2.30. The maximum Gasteiger partial charge on any atom is 0.166 e. The Balaban J connectivity index is 2.87. The van der Waals surface area contributed by atoms with Crippen LogP contribution in [0.2, 0.25) is 0 Å². The number of Topliss-reactive ketones (excluding diaryl/α,β-unsaturated/α-hetero) is 1. The lowest BCUT2D eigenvalue weighted by molar-refractivity contribution is 0.0985. The van der Waals surface area contributed by atoms with Gasteiger partial charge in [-0.2, -0.15) is 5.26 Å². The average Bonchev–Trinajstić information content (AvgIpc) is 2.48. The highest BCUT2D eigenvalue weighted by Gasteiger charge is 2.14. The van der Waals surface area contributed by atoms with Gasteiger partial charge in [-0.25, -0.2) is 0 Å². The van der Waals surface area contributed by atoms with E-state index in [2.05, 4.69) is 12.6 Å². The van der Waals surface area contributed by atoms with E-state index in [0.717, 1.165) is 18.4 Å². The minimum Gasteiger partial charge on any atom is -0.507 e. The SMILES string of the molecule is C=CCc1cc(C(=O)CC)c(O)cc1OCCCCC#N. The molecule has 21 heavy (non-hydrogen) atoms. The summed E-state index contributed by atoms with van der Waals surface area (Å²) in [6.07, 6.45) is 4.71. The molecule has 0 saturated heterocycles. The van der Waals surface area contributed by atoms with Gasteiger partial charge in [0.1, 0.15) is 11.5 Å². The van der Waals surface area contributed by atoms with Gasteiger partial charge in [0.05, 0.1) is 18.2 Å². The molecule has 0 fully saturated rings. The molecule has 1 rings (SSSR count). The predicted octanol–water partition coefficient (Wildman–Crippen LogP) is 3.79. The van der Waals surface area contributed by atoms with Gasteiger partial charge >= 0.3 is 0 Å². The average molecular weight is 287 g/mol. The van der Waals surface area contributed by atoms with E-state index in [-0.39, 0.29) is 11.5 Å². The minimum absolute atomic E-state index is 0.0540. The van der Waals surface area contributed by atoms with Crippen molar-refractivity contribution in [2.45, 2.75) is 39.0 Å². The van der Waals surface area contributed by atoms with Gasteiger partial charge in [0, 0.05) is 18.9 Å². The van der Waals surface area contributed by atoms with E-state index >= 15 is 0 Å². The van der Waals surface area contributed by atoms with Crippen LogP contribution in [0.3, 0.4) is 0 Å². The first-order valence-electron chi connectivity index (χ1n) is 7.13. The summed E-state index contributed by atoms with van der Waals surface area (Å²) in [7, 11) is 0. The van der Waals surface area contributed by atoms with Crippen molar-refractivity contribution in [2.24, 2.45) is 0 Å². The molecule has 0 aliphatic carbocycles. The largest absolute Gasteiger partial charge is 0.507 e. The van der Waals surface area contributed by atoms with Crippen LogP contribution in [-0.2, 0) is 6.42 Å². The molecular weight excluding hydrogens is 266 g/mol. The monoisotopic (exact) mass is 287 g/mol. The normalized spacial score (nSPS) is 9.90. The molecule has 0 bridgehead atoms. The number of carbonyl (C=O) groups excluding carboxylic acids is 1. The maximum absolute atomic E-state index is 11.8. The number of carbonyl (C=O) groups is 1. The number of hydrogen-bond donors (Lipinski definition) is 1. The number of nitriles is 1. The van der Waals surface area contributed by atoms with E-state index in [1.54, 1.807) is 19.1 Å². The molecule has 0 aliphatic rings. The molecule has 4 nitrogen and oxygen atoms in total. The number of hydrogen-bond acceptors (Lipinski definition) is 4. The molecule has 0 atom stereocenters. The van der Waals surface area contributed by atoms with Gasteiger partial charge in [0.2, 0.25) is 0 Å². The minimum atomic E-state index is -0.0987. The van der Waals surface area contributed by atoms with Crippen LogP contribution in [0.4, 0.5) is 0 Å². The molecule has 1 N–H and O–H groups in total. The summed E-state index contributed by atoms with van der Waals surface area (Å²) in [4.78, 5) is 11.8. The van der Waals surface area contributed by atoms with Crippen molar-refractivity contribution in [2.75, 3.05) is 6.61 Å².